The van der Waals surface area contributed by atoms with Gasteiger partial charge in [-0.1, -0.05) is 30.3 Å². The van der Waals surface area contributed by atoms with Gasteiger partial charge >= 0.3 is 0 Å². The van der Waals surface area contributed by atoms with E-state index in [1.807, 2.05) is 6.07 Å². The van der Waals surface area contributed by atoms with Gasteiger partial charge in [-0.05, 0) is 23.4 Å². The summed E-state index contributed by atoms with van der Waals surface area (Å²) < 4.78 is 55.4. The number of nitrogens with zero attached hydrogens (tertiary/aromatic N) is 4. The third-order valence-corrected chi connectivity index (χ3v) is 11.5. The van der Waals surface area contributed by atoms with Crippen molar-refractivity contribution in [3.8, 4) is 11.1 Å². The number of aromatic nitrogens is 3. The van der Waals surface area contributed by atoms with Crippen LogP contribution in [0.25, 0.3) is 11.1 Å². The number of piperazine rings is 1. The molecule has 194 valence electrons. The maximum absolute atomic E-state index is 13.7. The number of rotatable bonds is 9. The van der Waals surface area contributed by atoms with Gasteiger partial charge in [0.15, 0.2) is 0 Å². The van der Waals surface area contributed by atoms with E-state index >= 15 is 0 Å². The van der Waals surface area contributed by atoms with Crippen LogP contribution in [0.5, 0.6) is 0 Å². The maximum Gasteiger partial charge on any atom is 0.263 e. The summed E-state index contributed by atoms with van der Waals surface area (Å²) in [5, 5.41) is 16.8. The Labute approximate surface area is 217 Å². The zero-order valence-electron chi connectivity index (χ0n) is 18.8. The molecule has 3 heterocycles. The normalized spacial score (nSPS) is 18.7. The van der Waals surface area contributed by atoms with Gasteiger partial charge < -0.3 is 0 Å². The number of nitrogens with one attached hydrogen (secondary N) is 2. The number of thiophene rings is 1. The monoisotopic (exact) mass is 572 g/mol. The second-order valence-electron chi connectivity index (χ2n) is 7.94. The Morgan fingerprint density at radius 3 is 2.64 bits per heavy atom. The highest BCUT2D eigenvalue weighted by atomic mass is 32.2. The number of carbonyl (C=O) groups excluding carboxylic acids is 1. The van der Waals surface area contributed by atoms with Crippen LogP contribution in [0.1, 0.15) is 17.5 Å². The highest BCUT2D eigenvalue weighted by Gasteiger charge is 2.44. The van der Waals surface area contributed by atoms with Crippen molar-refractivity contribution in [1.29, 1.82) is 0 Å². The number of benzene rings is 1. The summed E-state index contributed by atoms with van der Waals surface area (Å²) in [5.74, 6) is -0.900. The van der Waals surface area contributed by atoms with Gasteiger partial charge in [-0.3, -0.25) is 15.1 Å². The number of hydrogen-bond donors (Lipinski definition) is 4. The molecule has 0 saturated carbocycles. The van der Waals surface area contributed by atoms with E-state index in [2.05, 4.69) is 27.8 Å². The van der Waals surface area contributed by atoms with Gasteiger partial charge in [0, 0.05) is 25.2 Å². The molecule has 0 radical (unpaired) electrons. The van der Waals surface area contributed by atoms with Crippen LogP contribution in [0.3, 0.4) is 0 Å². The summed E-state index contributed by atoms with van der Waals surface area (Å²) in [6.07, 6.45) is 1.41. The molecular weight excluding hydrogens is 549 g/mol. The Kier molecular flexibility index (Phi) is 8.13. The first-order valence-electron chi connectivity index (χ1n) is 10.7. The fourth-order valence-electron chi connectivity index (χ4n) is 3.91. The molecule has 1 amide bonds. The molecule has 36 heavy (non-hydrogen) atoms. The van der Waals surface area contributed by atoms with Gasteiger partial charge in [-0.2, -0.15) is 26.3 Å². The van der Waals surface area contributed by atoms with E-state index in [4.69, 9.17) is 0 Å². The average Bonchev–Trinajstić information content (AvgIpc) is 3.60. The maximum atomic E-state index is 13.7. The van der Waals surface area contributed by atoms with E-state index < -0.39 is 43.8 Å². The van der Waals surface area contributed by atoms with Crippen LogP contribution in [0.15, 0.2) is 52.3 Å². The number of aromatic amines is 1. The van der Waals surface area contributed by atoms with Crippen molar-refractivity contribution in [2.75, 3.05) is 25.4 Å². The molecule has 3 N–H and O–H groups in total. The van der Waals surface area contributed by atoms with Crippen LogP contribution < -0.4 is 5.48 Å². The fourth-order valence-corrected chi connectivity index (χ4v) is 8.93. The molecule has 1 aliphatic heterocycles. The van der Waals surface area contributed by atoms with E-state index in [1.165, 1.54) is 11.8 Å². The number of sulfonamides is 2. The molecule has 0 aliphatic carbocycles. The molecule has 0 bridgehead atoms. The van der Waals surface area contributed by atoms with Crippen molar-refractivity contribution in [1.82, 2.24) is 29.3 Å². The number of hydroxylamine groups is 1. The molecule has 3 aromatic rings. The first kappa shape index (κ1) is 26.7. The number of thiol groups is 1. The molecule has 12 nitrogen and oxygen atoms in total. The average molecular weight is 573 g/mol. The van der Waals surface area contributed by atoms with Crippen molar-refractivity contribution >= 4 is 49.9 Å². The standard InChI is InChI=1S/C20H24N6O6S4/c27-19(24-28)16-12-25(35(29,30)11-7-17(33)18-21-13-22-23-18)8-9-26(16)36(31,32)20-15(6-10-34-20)14-4-2-1-3-5-14/h1-6,10,13,16-17,28,33H,7-9,11-12H2,(H,24,27)(H,21,22,23)/t16-,17?/m1/s1. The Hall–Kier alpha value is -2.34. The van der Waals surface area contributed by atoms with Crippen molar-refractivity contribution < 1.29 is 26.8 Å². The quantitative estimate of drug-likeness (QED) is 0.168. The van der Waals surface area contributed by atoms with Crippen LogP contribution >= 0.6 is 24.0 Å². The van der Waals surface area contributed by atoms with Crippen molar-refractivity contribution in [3.63, 3.8) is 0 Å². The third kappa shape index (κ3) is 5.49. The highest BCUT2D eigenvalue weighted by molar-refractivity contribution is 7.91. The van der Waals surface area contributed by atoms with E-state index in [9.17, 15) is 26.8 Å². The SMILES string of the molecule is O=C(NO)[C@H]1CN(S(=O)(=O)CCC(S)c2ncn[nH]2)CCN1S(=O)(=O)c1sccc1-c1ccccc1. The summed E-state index contributed by atoms with van der Waals surface area (Å²) >= 11 is 5.36. The van der Waals surface area contributed by atoms with Crippen LogP contribution in [0, 0.1) is 0 Å². The van der Waals surface area contributed by atoms with Crippen LogP contribution in [0.2, 0.25) is 0 Å². The molecule has 2 aromatic heterocycles. The van der Waals surface area contributed by atoms with E-state index in [-0.39, 0.29) is 29.5 Å². The first-order valence-corrected chi connectivity index (χ1v) is 15.2. The third-order valence-electron chi connectivity index (χ3n) is 5.76. The van der Waals surface area contributed by atoms with Gasteiger partial charge in [-0.15, -0.1) is 11.3 Å². The number of amides is 1. The van der Waals surface area contributed by atoms with E-state index in [0.29, 0.717) is 17.0 Å². The largest absolute Gasteiger partial charge is 0.289 e. The van der Waals surface area contributed by atoms with Crippen LogP contribution in [0.4, 0.5) is 0 Å². The molecule has 1 aliphatic rings. The zero-order chi connectivity index (χ0) is 25.9. The van der Waals surface area contributed by atoms with E-state index in [1.54, 1.807) is 35.7 Å². The first-order chi connectivity index (χ1) is 17.1. The lowest BCUT2D eigenvalue weighted by atomic mass is 10.1. The van der Waals surface area contributed by atoms with Gasteiger partial charge in [0.1, 0.15) is 22.4 Å². The molecule has 1 aromatic carbocycles. The molecular formula is C20H24N6O6S4. The minimum Gasteiger partial charge on any atom is -0.289 e. The molecule has 16 heteroatoms. The van der Waals surface area contributed by atoms with E-state index in [0.717, 1.165) is 19.9 Å². The van der Waals surface area contributed by atoms with Crippen molar-refractivity contribution in [3.05, 3.63) is 53.9 Å². The Morgan fingerprint density at radius 2 is 1.97 bits per heavy atom. The number of hydrogen-bond acceptors (Lipinski definition) is 10. The molecule has 4 rings (SSSR count). The summed E-state index contributed by atoms with van der Waals surface area (Å²) in [7, 11) is -8.08. The summed E-state index contributed by atoms with van der Waals surface area (Å²) in [4.78, 5) is 16.5. The van der Waals surface area contributed by atoms with Crippen LogP contribution in [-0.4, -0.2) is 83.2 Å². The van der Waals surface area contributed by atoms with Crippen molar-refractivity contribution in [2.24, 2.45) is 0 Å². The van der Waals surface area contributed by atoms with Gasteiger partial charge in [0.2, 0.25) is 10.0 Å². The molecule has 0 spiro atoms. The molecule has 2 atom stereocenters. The fraction of sp³-hybridized carbons (Fsp3) is 0.350. The Balaban J connectivity index is 1.56. The number of H-pyrrole nitrogens is 1. The smallest absolute Gasteiger partial charge is 0.263 e. The second-order valence-corrected chi connectivity index (χ2v) is 13.7. The Bertz CT molecular complexity index is 1400. The predicted molar refractivity (Wildman–Crippen MR) is 135 cm³/mol. The van der Waals surface area contributed by atoms with Gasteiger partial charge in [0.25, 0.3) is 15.9 Å². The molecule has 1 unspecified atom stereocenters. The summed E-state index contributed by atoms with van der Waals surface area (Å²) in [6.45, 7) is -0.861. The highest BCUT2D eigenvalue weighted by Crippen LogP contribution is 2.35. The minimum absolute atomic E-state index is 0.0331. The lowest BCUT2D eigenvalue weighted by Gasteiger charge is -2.38. The summed E-state index contributed by atoms with van der Waals surface area (Å²) in [5.41, 5.74) is 2.64. The molecule has 1 fully saturated rings. The Morgan fingerprint density at radius 1 is 1.22 bits per heavy atom. The van der Waals surface area contributed by atoms with Crippen LogP contribution in [-0.2, 0) is 24.8 Å². The second kappa shape index (κ2) is 11.0. The van der Waals surface area contributed by atoms with Gasteiger partial charge in [-0.25, -0.2) is 27.3 Å². The lowest BCUT2D eigenvalue weighted by Crippen LogP contribution is -2.61. The topological polar surface area (TPSA) is 166 Å². The van der Waals surface area contributed by atoms with Gasteiger partial charge in [0.05, 0.1) is 11.0 Å². The summed E-state index contributed by atoms with van der Waals surface area (Å²) in [6, 6.07) is 9.15. The number of carbonyl (C=O) groups is 1. The predicted octanol–water partition coefficient (Wildman–Crippen LogP) is 1.10. The van der Waals surface area contributed by atoms with Crippen molar-refractivity contribution in [2.45, 2.75) is 21.9 Å². The zero-order valence-corrected chi connectivity index (χ0v) is 22.1. The minimum atomic E-state index is -4.20. The lowest BCUT2D eigenvalue weighted by molar-refractivity contribution is -0.134. The molecule has 1 saturated heterocycles.